The topological polar surface area (TPSA) is 0 Å². The molecule has 0 aromatic heterocycles. The van der Waals surface area contributed by atoms with Gasteiger partial charge in [-0.1, -0.05) is 0 Å². The maximum atomic E-state index is 2.68. The van der Waals surface area contributed by atoms with Gasteiger partial charge in [0, 0.05) is 0 Å². The quantitative estimate of drug-likeness (QED) is 0.356. The van der Waals surface area contributed by atoms with Crippen molar-refractivity contribution in [3.05, 3.63) is 41.7 Å². The fourth-order valence-corrected chi connectivity index (χ4v) is 29.1. The zero-order chi connectivity index (χ0) is 21.0. The van der Waals surface area contributed by atoms with E-state index < -0.39 is 47.7 Å². The van der Waals surface area contributed by atoms with E-state index in [1.807, 2.05) is 29.6 Å². The summed E-state index contributed by atoms with van der Waals surface area (Å²) in [7, 11) is -5.03. The Kier molecular flexibility index (Phi) is 6.62. The van der Waals surface area contributed by atoms with Crippen LogP contribution in [-0.2, 0) is 0 Å². The van der Waals surface area contributed by atoms with Gasteiger partial charge in [-0.15, -0.1) is 0 Å². The third kappa shape index (κ3) is 5.30. The van der Waals surface area contributed by atoms with Gasteiger partial charge >= 0.3 is 181 Å². The molecule has 2 aliphatic rings. The van der Waals surface area contributed by atoms with E-state index in [-0.39, 0.29) is 0 Å². The Morgan fingerprint density at radius 3 is 1.04 bits per heavy atom. The van der Waals surface area contributed by atoms with E-state index in [4.69, 9.17) is 0 Å². The molecule has 0 aromatic rings. The number of allylic oxidation sites excluding steroid dienone is 8. The Labute approximate surface area is 180 Å². The standard InChI is InChI=1S/C22H44GeSi4/c1-24(2,3)19-15-13-17(21(19)26(7,8)9)23-18-14-16-20(25(4,5)6)22(18)27(10,11)12/h15-16H,13-14,23H2,1-12H3. The fourth-order valence-electron chi connectivity index (χ4n) is 5.05. The first-order chi connectivity index (χ1) is 11.9. The molecule has 27 heavy (non-hydrogen) atoms. The second-order valence-corrected chi connectivity index (χ2v) is 37.2. The average molecular weight is 494 g/mol. The molecule has 0 amide bonds. The maximum absolute atomic E-state index is 2.68. The molecule has 0 N–H and O–H groups in total. The average Bonchev–Trinajstić information content (AvgIpc) is 3.00. The van der Waals surface area contributed by atoms with Crippen molar-refractivity contribution in [1.82, 2.24) is 0 Å². The van der Waals surface area contributed by atoms with Crippen LogP contribution in [0.25, 0.3) is 0 Å². The van der Waals surface area contributed by atoms with Gasteiger partial charge in [-0.3, -0.25) is 0 Å². The monoisotopic (exact) mass is 494 g/mol. The Balaban J connectivity index is 2.54. The number of hydrogen-bond donors (Lipinski definition) is 0. The molecule has 152 valence electrons. The SMILES string of the molecule is C[Si](C)(C)C1=CC[C]([GeH2][C]2=C([Si](C)(C)C)C([Si](C)(C)C)=CC2)=C1[Si](C)(C)C. The fraction of sp³-hybridized carbons (Fsp3) is 0.636. The van der Waals surface area contributed by atoms with Gasteiger partial charge in [0.15, 0.2) is 0 Å². The van der Waals surface area contributed by atoms with Crippen LogP contribution < -0.4 is 0 Å². The van der Waals surface area contributed by atoms with E-state index >= 15 is 0 Å². The van der Waals surface area contributed by atoms with Gasteiger partial charge < -0.3 is 0 Å². The number of rotatable bonds is 6. The van der Waals surface area contributed by atoms with Crippen molar-refractivity contribution >= 4 is 47.7 Å². The molecule has 0 heterocycles. The molecule has 5 heteroatoms. The molecule has 0 fully saturated rings. The van der Waals surface area contributed by atoms with Crippen LogP contribution in [0.2, 0.25) is 78.6 Å². The molecule has 0 unspecified atom stereocenters. The van der Waals surface area contributed by atoms with Gasteiger partial charge in [-0.2, -0.15) is 0 Å². The van der Waals surface area contributed by atoms with E-state index in [2.05, 4.69) is 90.7 Å². The van der Waals surface area contributed by atoms with E-state index in [1.54, 1.807) is 0 Å². The van der Waals surface area contributed by atoms with Gasteiger partial charge in [0.25, 0.3) is 0 Å². The summed E-state index contributed by atoms with van der Waals surface area (Å²) in [4.78, 5) is 0. The van der Waals surface area contributed by atoms with Crippen molar-refractivity contribution < 1.29 is 0 Å². The summed E-state index contributed by atoms with van der Waals surface area (Å²) in [6.07, 6.45) is 7.97. The molecule has 2 aliphatic carbocycles. The minimum atomic E-state index is -1.28. The van der Waals surface area contributed by atoms with Gasteiger partial charge in [0.1, 0.15) is 0 Å². The molecule has 0 aliphatic heterocycles. The Bertz CT molecular complexity index is 675. The summed E-state index contributed by atoms with van der Waals surface area (Å²) in [5.41, 5.74) is 0. The molecule has 0 radical (unpaired) electrons. The predicted molar refractivity (Wildman–Crippen MR) is 141 cm³/mol. The van der Waals surface area contributed by atoms with Crippen LogP contribution in [0.5, 0.6) is 0 Å². The third-order valence-electron chi connectivity index (χ3n) is 5.89. The van der Waals surface area contributed by atoms with Crippen LogP contribution in [0.1, 0.15) is 12.8 Å². The summed E-state index contributed by atoms with van der Waals surface area (Å²) in [6, 6.07) is 0. The summed E-state index contributed by atoms with van der Waals surface area (Å²) >= 11 is -0.846. The van der Waals surface area contributed by atoms with Crippen molar-refractivity contribution in [2.45, 2.75) is 91.4 Å². The summed E-state index contributed by atoms with van der Waals surface area (Å²) in [6.45, 7) is 30.9. The normalized spacial score (nSPS) is 19.9. The van der Waals surface area contributed by atoms with Crippen LogP contribution in [0.15, 0.2) is 41.7 Å². The molecular formula is C22H44GeSi4. The first-order valence-electron chi connectivity index (χ1n) is 10.8. The molecule has 0 saturated heterocycles. The minimum absolute atomic E-state index is 0.846. The van der Waals surface area contributed by atoms with Crippen molar-refractivity contribution in [2.75, 3.05) is 0 Å². The van der Waals surface area contributed by atoms with E-state index in [0.29, 0.717) is 0 Å². The summed E-state index contributed by atoms with van der Waals surface area (Å²) in [5.74, 6) is 0. The van der Waals surface area contributed by atoms with Gasteiger partial charge in [0.2, 0.25) is 0 Å². The molecule has 2 rings (SSSR count). The molecule has 0 bridgehead atoms. The van der Waals surface area contributed by atoms with Crippen LogP contribution in [0.4, 0.5) is 0 Å². The van der Waals surface area contributed by atoms with Crippen molar-refractivity contribution in [1.29, 1.82) is 0 Å². The van der Waals surface area contributed by atoms with Crippen LogP contribution >= 0.6 is 0 Å². The molecule has 0 spiro atoms. The van der Waals surface area contributed by atoms with E-state index in [0.717, 1.165) is 0 Å². The van der Waals surface area contributed by atoms with Crippen LogP contribution in [0, 0.1) is 0 Å². The van der Waals surface area contributed by atoms with Gasteiger partial charge in [0.05, 0.1) is 0 Å². The first-order valence-corrected chi connectivity index (χ1v) is 27.8. The Morgan fingerprint density at radius 2 is 0.815 bits per heavy atom. The number of hydrogen-bond acceptors (Lipinski definition) is 0. The third-order valence-corrected chi connectivity index (χ3v) is 20.7. The zero-order valence-corrected chi connectivity index (χ0v) is 27.2. The molecule has 0 nitrogen and oxygen atoms in total. The molecule has 0 aromatic carbocycles. The Hall–Kier alpha value is 0.370. The summed E-state index contributed by atoms with van der Waals surface area (Å²) in [5, 5.41) is 7.55. The van der Waals surface area contributed by atoms with Crippen molar-refractivity contribution in [3.63, 3.8) is 0 Å². The second kappa shape index (κ2) is 7.56. The molecular weight excluding hydrogens is 449 g/mol. The van der Waals surface area contributed by atoms with Crippen molar-refractivity contribution in [3.8, 4) is 0 Å². The van der Waals surface area contributed by atoms with E-state index in [1.165, 1.54) is 12.8 Å². The van der Waals surface area contributed by atoms with Crippen LogP contribution in [0.3, 0.4) is 0 Å². The summed E-state index contributed by atoms with van der Waals surface area (Å²) < 4.78 is 3.96. The van der Waals surface area contributed by atoms with Gasteiger partial charge in [-0.25, -0.2) is 0 Å². The second-order valence-electron chi connectivity index (χ2n) is 12.8. The van der Waals surface area contributed by atoms with Crippen molar-refractivity contribution in [2.24, 2.45) is 0 Å². The Morgan fingerprint density at radius 1 is 0.519 bits per heavy atom. The first kappa shape index (κ1) is 23.6. The van der Waals surface area contributed by atoms with Crippen LogP contribution in [-0.4, -0.2) is 47.7 Å². The predicted octanol–water partition coefficient (Wildman–Crippen LogP) is 6.83. The molecule has 0 atom stereocenters. The van der Waals surface area contributed by atoms with E-state index in [9.17, 15) is 0 Å². The zero-order valence-electron chi connectivity index (χ0n) is 20.3. The van der Waals surface area contributed by atoms with Gasteiger partial charge in [-0.05, 0) is 0 Å². The molecule has 0 saturated carbocycles.